The summed E-state index contributed by atoms with van der Waals surface area (Å²) in [5.74, 6) is -0.647. The second-order valence-corrected chi connectivity index (χ2v) is 6.42. The number of benzene rings is 1. The van der Waals surface area contributed by atoms with Crippen LogP contribution in [0.2, 0.25) is 0 Å². The Balaban J connectivity index is 2.36. The van der Waals surface area contributed by atoms with Crippen LogP contribution in [-0.4, -0.2) is 46.0 Å². The first kappa shape index (κ1) is 18.5. The van der Waals surface area contributed by atoms with Crippen LogP contribution in [0.25, 0.3) is 16.5 Å². The van der Waals surface area contributed by atoms with E-state index in [2.05, 4.69) is 5.32 Å². The highest BCUT2D eigenvalue weighted by molar-refractivity contribution is 6.10. The van der Waals surface area contributed by atoms with Gasteiger partial charge in [-0.15, -0.1) is 0 Å². The fourth-order valence-corrected chi connectivity index (χ4v) is 3.38. The van der Waals surface area contributed by atoms with Gasteiger partial charge in [0, 0.05) is 27.8 Å². The van der Waals surface area contributed by atoms with E-state index in [0.717, 1.165) is 0 Å². The molecule has 5 nitrogen and oxygen atoms in total. The Morgan fingerprint density at radius 2 is 2.00 bits per heavy atom. The molecule has 1 atom stereocenters. The summed E-state index contributed by atoms with van der Waals surface area (Å²) in [7, 11) is 0. The zero-order valence-corrected chi connectivity index (χ0v) is 14.3. The lowest BCUT2D eigenvalue weighted by Gasteiger charge is -2.17. The molecule has 1 aromatic heterocycles. The molecule has 2 heterocycles. The molecule has 0 unspecified atom stereocenters. The van der Waals surface area contributed by atoms with E-state index in [-0.39, 0.29) is 24.3 Å². The zero-order chi connectivity index (χ0) is 19.2. The van der Waals surface area contributed by atoms with Crippen molar-refractivity contribution in [1.29, 1.82) is 0 Å². The first-order valence-corrected chi connectivity index (χ1v) is 8.12. The number of nitrogens with zero attached hydrogens (tertiary/aromatic N) is 1. The van der Waals surface area contributed by atoms with Crippen LogP contribution in [0.1, 0.15) is 16.8 Å². The van der Waals surface area contributed by atoms with E-state index < -0.39 is 30.2 Å². The van der Waals surface area contributed by atoms with E-state index in [1.54, 1.807) is 24.5 Å². The van der Waals surface area contributed by atoms with Crippen LogP contribution in [0, 0.1) is 13.8 Å². The molecule has 3 rings (SSSR count). The molecule has 8 heteroatoms. The molecule has 1 aromatic carbocycles. The number of halogens is 3. The number of aromatic nitrogens is 1. The molecule has 0 aliphatic carbocycles. The molecule has 26 heavy (non-hydrogen) atoms. The van der Waals surface area contributed by atoms with E-state index in [4.69, 9.17) is 5.11 Å². The third-order valence-corrected chi connectivity index (χ3v) is 4.73. The van der Waals surface area contributed by atoms with Gasteiger partial charge in [0.2, 0.25) is 0 Å². The minimum atomic E-state index is -4.68. The summed E-state index contributed by atoms with van der Waals surface area (Å²) in [5.41, 5.74) is 1.05. The monoisotopic (exact) mass is 368 g/mol. The normalized spacial score (nSPS) is 16.1. The number of ketones is 1. The predicted molar refractivity (Wildman–Crippen MR) is 92.0 cm³/mol. The van der Waals surface area contributed by atoms with E-state index in [1.165, 1.54) is 6.07 Å². The van der Waals surface area contributed by atoms with Crippen molar-refractivity contribution in [2.24, 2.45) is 0 Å². The predicted octanol–water partition coefficient (Wildman–Crippen LogP) is 2.55. The third-order valence-electron chi connectivity index (χ3n) is 4.73. The Morgan fingerprint density at radius 1 is 1.31 bits per heavy atom. The SMILES string of the molecule is Cc1c(C)n(C[C@H](O)CO)c2ccc3c(c12)C(C(F)(F)F)=CC(=O)CN3. The van der Waals surface area contributed by atoms with E-state index in [1.807, 2.05) is 0 Å². The van der Waals surface area contributed by atoms with Gasteiger partial charge in [0.1, 0.15) is 0 Å². The maximum Gasteiger partial charge on any atom is 0.417 e. The quantitative estimate of drug-likeness (QED) is 0.779. The summed E-state index contributed by atoms with van der Waals surface area (Å²) in [5, 5.41) is 22.1. The van der Waals surface area contributed by atoms with E-state index >= 15 is 0 Å². The Bertz CT molecular complexity index is 913. The molecule has 0 bridgehead atoms. The number of fused-ring (bicyclic) bond motifs is 3. The molecule has 0 fully saturated rings. The number of nitrogens with one attached hydrogen (secondary N) is 1. The van der Waals surface area contributed by atoms with Gasteiger partial charge in [-0.25, -0.2) is 0 Å². The number of aryl methyl sites for hydroxylation is 1. The number of alkyl halides is 3. The highest BCUT2D eigenvalue weighted by atomic mass is 19.4. The molecule has 140 valence electrons. The van der Waals surface area contributed by atoms with Crippen molar-refractivity contribution < 1.29 is 28.2 Å². The zero-order valence-electron chi connectivity index (χ0n) is 14.3. The Morgan fingerprint density at radius 3 is 2.62 bits per heavy atom. The van der Waals surface area contributed by atoms with Gasteiger partial charge in [-0.1, -0.05) is 0 Å². The first-order chi connectivity index (χ1) is 12.1. The summed E-state index contributed by atoms with van der Waals surface area (Å²) in [6.07, 6.45) is -5.06. The first-order valence-electron chi connectivity index (χ1n) is 8.12. The Kier molecular flexibility index (Phi) is 4.58. The lowest BCUT2D eigenvalue weighted by Crippen LogP contribution is -2.20. The van der Waals surface area contributed by atoms with Crippen molar-refractivity contribution >= 4 is 27.9 Å². The van der Waals surface area contributed by atoms with Gasteiger partial charge in [-0.2, -0.15) is 13.2 Å². The molecule has 1 aliphatic rings. The number of carbonyl (C=O) groups excluding carboxylic acids is 1. The Hall–Kier alpha value is -2.32. The molecule has 3 N–H and O–H groups in total. The molecule has 1 aliphatic heterocycles. The summed E-state index contributed by atoms with van der Waals surface area (Å²) < 4.78 is 42.7. The van der Waals surface area contributed by atoms with Crippen LogP contribution >= 0.6 is 0 Å². The van der Waals surface area contributed by atoms with Crippen LogP contribution < -0.4 is 5.32 Å². The van der Waals surface area contributed by atoms with Crippen molar-refractivity contribution in [3.8, 4) is 0 Å². The van der Waals surface area contributed by atoms with Crippen LogP contribution in [-0.2, 0) is 11.3 Å². The number of hydrogen-bond acceptors (Lipinski definition) is 4. The number of aliphatic hydroxyl groups is 2. The molecule has 0 spiro atoms. The van der Waals surface area contributed by atoms with Crippen LogP contribution in [0.3, 0.4) is 0 Å². The number of allylic oxidation sites excluding steroid dienone is 1. The number of aliphatic hydroxyl groups excluding tert-OH is 2. The second-order valence-electron chi connectivity index (χ2n) is 6.42. The lowest BCUT2D eigenvalue weighted by atomic mass is 9.96. The van der Waals surface area contributed by atoms with Gasteiger partial charge in [-0.3, -0.25) is 4.79 Å². The number of hydrogen-bond donors (Lipinski definition) is 3. The molecular formula is C18H19F3N2O3. The topological polar surface area (TPSA) is 74.5 Å². The maximum absolute atomic E-state index is 13.7. The third kappa shape index (κ3) is 2.99. The summed E-state index contributed by atoms with van der Waals surface area (Å²) in [6.45, 7) is 2.86. The van der Waals surface area contributed by atoms with Crippen molar-refractivity contribution in [2.45, 2.75) is 32.7 Å². The van der Waals surface area contributed by atoms with Crippen molar-refractivity contribution in [3.63, 3.8) is 0 Å². The summed E-state index contributed by atoms with van der Waals surface area (Å²) >= 11 is 0. The highest BCUT2D eigenvalue weighted by Crippen LogP contribution is 2.44. The van der Waals surface area contributed by atoms with Gasteiger partial charge in [0.15, 0.2) is 5.78 Å². The van der Waals surface area contributed by atoms with Crippen LogP contribution in [0.4, 0.5) is 18.9 Å². The fraction of sp³-hybridized carbons (Fsp3) is 0.389. The van der Waals surface area contributed by atoms with Crippen molar-refractivity contribution in [2.75, 3.05) is 18.5 Å². The molecule has 0 saturated heterocycles. The van der Waals surface area contributed by atoms with E-state index in [9.17, 15) is 23.1 Å². The lowest BCUT2D eigenvalue weighted by molar-refractivity contribution is -0.113. The van der Waals surface area contributed by atoms with Crippen LogP contribution in [0.5, 0.6) is 0 Å². The molecule has 0 radical (unpaired) electrons. The molecule has 2 aromatic rings. The van der Waals surface area contributed by atoms with Gasteiger partial charge < -0.3 is 20.1 Å². The average molecular weight is 368 g/mol. The number of rotatable bonds is 3. The summed E-state index contributed by atoms with van der Waals surface area (Å²) in [4.78, 5) is 11.8. The van der Waals surface area contributed by atoms with Crippen molar-refractivity contribution in [3.05, 3.63) is 35.0 Å². The minimum absolute atomic E-state index is 0.0568. The van der Waals surface area contributed by atoms with Gasteiger partial charge in [0.05, 0.1) is 31.4 Å². The Labute approximate surface area is 147 Å². The second kappa shape index (κ2) is 6.44. The standard InChI is InChI=1S/C18H19F3N2O3/c1-9-10(2)23(7-12(26)8-24)15-4-3-14-17(16(9)15)13(18(19,20)21)5-11(25)6-22-14/h3-5,12,22,24,26H,6-8H2,1-2H3/t12-/m0/s1. The summed E-state index contributed by atoms with van der Waals surface area (Å²) in [6, 6.07) is 3.17. The maximum atomic E-state index is 13.7. The highest BCUT2D eigenvalue weighted by Gasteiger charge is 2.39. The largest absolute Gasteiger partial charge is 0.417 e. The number of carbonyl (C=O) groups is 1. The minimum Gasteiger partial charge on any atom is -0.394 e. The van der Waals surface area contributed by atoms with E-state index in [0.29, 0.717) is 28.2 Å². The molecule has 0 amide bonds. The fourth-order valence-electron chi connectivity index (χ4n) is 3.38. The van der Waals surface area contributed by atoms with Gasteiger partial charge >= 0.3 is 6.18 Å². The molecule has 0 saturated carbocycles. The van der Waals surface area contributed by atoms with Crippen LogP contribution in [0.15, 0.2) is 18.2 Å². The smallest absolute Gasteiger partial charge is 0.394 e. The number of anilines is 1. The van der Waals surface area contributed by atoms with Crippen molar-refractivity contribution in [1.82, 2.24) is 4.57 Å². The van der Waals surface area contributed by atoms with Gasteiger partial charge in [-0.05, 0) is 37.6 Å². The average Bonchev–Trinajstić information content (AvgIpc) is 2.73. The van der Waals surface area contributed by atoms with Gasteiger partial charge in [0.25, 0.3) is 0 Å². The molecular weight excluding hydrogens is 349 g/mol.